The fourth-order valence-electron chi connectivity index (χ4n) is 2.14. The lowest BCUT2D eigenvalue weighted by atomic mass is 10.2. The third-order valence-corrected chi connectivity index (χ3v) is 3.16. The van der Waals surface area contributed by atoms with E-state index < -0.39 is 29.8 Å². The van der Waals surface area contributed by atoms with Crippen LogP contribution in [-0.2, 0) is 6.18 Å². The van der Waals surface area contributed by atoms with Gasteiger partial charge in [-0.3, -0.25) is 0 Å². The van der Waals surface area contributed by atoms with E-state index in [1.165, 1.54) is 0 Å². The number of nitrogens with one attached hydrogen (secondary N) is 3. The van der Waals surface area contributed by atoms with Gasteiger partial charge < -0.3 is 16.0 Å². The molecule has 0 saturated carbocycles. The van der Waals surface area contributed by atoms with Crippen molar-refractivity contribution in [3.63, 3.8) is 0 Å². The first-order chi connectivity index (χ1) is 10.2. The molecule has 1 heterocycles. The van der Waals surface area contributed by atoms with Gasteiger partial charge in [0.05, 0.1) is 5.56 Å². The van der Waals surface area contributed by atoms with Crippen LogP contribution in [0, 0.1) is 5.82 Å². The second-order valence-corrected chi connectivity index (χ2v) is 5.00. The maximum Gasteiger partial charge on any atom is 0.416 e. The van der Waals surface area contributed by atoms with Crippen LogP contribution in [0.4, 0.5) is 32.4 Å². The van der Waals surface area contributed by atoms with E-state index in [-0.39, 0.29) is 31.2 Å². The van der Waals surface area contributed by atoms with Crippen molar-refractivity contribution < 1.29 is 26.7 Å². The number of carbonyl (C=O) groups excluding carboxylic acids is 1. The maximum atomic E-state index is 13.2. The Morgan fingerprint density at radius 2 is 2.05 bits per heavy atom. The largest absolute Gasteiger partial charge is 0.416 e. The Labute approximate surface area is 123 Å². The summed E-state index contributed by atoms with van der Waals surface area (Å²) >= 11 is 0. The molecule has 2 atom stereocenters. The molecule has 122 valence electrons. The molecular weight excluding hydrogens is 309 g/mol. The molecule has 0 unspecified atom stereocenters. The van der Waals surface area contributed by atoms with Gasteiger partial charge in [0.25, 0.3) is 0 Å². The summed E-state index contributed by atoms with van der Waals surface area (Å²) < 4.78 is 63.7. The van der Waals surface area contributed by atoms with Gasteiger partial charge >= 0.3 is 12.2 Å². The minimum atomic E-state index is -4.71. The van der Waals surface area contributed by atoms with Crippen molar-refractivity contribution >= 4 is 11.7 Å². The zero-order valence-electron chi connectivity index (χ0n) is 11.3. The highest BCUT2D eigenvalue weighted by atomic mass is 19.4. The number of anilines is 1. The summed E-state index contributed by atoms with van der Waals surface area (Å²) in [6.07, 6.45) is -5.44. The summed E-state index contributed by atoms with van der Waals surface area (Å²) in [6.45, 7) is 0.320. The monoisotopic (exact) mass is 323 g/mol. The van der Waals surface area contributed by atoms with Crippen LogP contribution in [0.15, 0.2) is 18.2 Å². The second-order valence-electron chi connectivity index (χ2n) is 5.00. The molecule has 0 radical (unpaired) electrons. The first-order valence-electron chi connectivity index (χ1n) is 6.54. The molecule has 3 N–H and O–H groups in total. The Kier molecular flexibility index (Phi) is 4.84. The topological polar surface area (TPSA) is 53.2 Å². The number of carbonyl (C=O) groups is 1. The standard InChI is InChI=1S/C13H14F5N3O/c14-8-1-7(13(16,17)18)2-10(3-8)21-12(22)20-6-11-4-9(15)5-19-11/h1-3,9,11,19H,4-6H2,(H2,20,21,22)/t9-,11-/m0/s1. The molecule has 0 spiro atoms. The van der Waals surface area contributed by atoms with Gasteiger partial charge in [0, 0.05) is 24.8 Å². The van der Waals surface area contributed by atoms with Crippen molar-refractivity contribution in [2.75, 3.05) is 18.4 Å². The van der Waals surface area contributed by atoms with E-state index in [2.05, 4.69) is 16.0 Å². The molecule has 9 heteroatoms. The molecule has 4 nitrogen and oxygen atoms in total. The number of rotatable bonds is 3. The number of alkyl halides is 4. The van der Waals surface area contributed by atoms with Crippen LogP contribution < -0.4 is 16.0 Å². The highest BCUT2D eigenvalue weighted by Crippen LogP contribution is 2.31. The van der Waals surface area contributed by atoms with E-state index in [0.717, 1.165) is 6.07 Å². The Morgan fingerprint density at radius 1 is 1.32 bits per heavy atom. The number of hydrogen-bond donors (Lipinski definition) is 3. The molecule has 1 aromatic carbocycles. The second kappa shape index (κ2) is 6.47. The van der Waals surface area contributed by atoms with Crippen LogP contribution >= 0.6 is 0 Å². The Bertz CT molecular complexity index is 549. The predicted octanol–water partition coefficient (Wildman–Crippen LogP) is 2.67. The third kappa shape index (κ3) is 4.55. The van der Waals surface area contributed by atoms with E-state index in [1.54, 1.807) is 0 Å². The predicted molar refractivity (Wildman–Crippen MR) is 69.7 cm³/mol. The minimum absolute atomic E-state index is 0.119. The molecule has 2 amide bonds. The van der Waals surface area contributed by atoms with Crippen LogP contribution in [0.2, 0.25) is 0 Å². The molecule has 1 aliphatic rings. The lowest BCUT2D eigenvalue weighted by molar-refractivity contribution is -0.137. The molecule has 0 aliphatic carbocycles. The van der Waals surface area contributed by atoms with Crippen molar-refractivity contribution in [1.29, 1.82) is 0 Å². The number of hydrogen-bond acceptors (Lipinski definition) is 2. The lowest BCUT2D eigenvalue weighted by Gasteiger charge is -2.13. The van der Waals surface area contributed by atoms with E-state index in [9.17, 15) is 26.7 Å². The molecule has 1 saturated heterocycles. The average molecular weight is 323 g/mol. The maximum absolute atomic E-state index is 13.2. The quantitative estimate of drug-likeness (QED) is 0.749. The minimum Gasteiger partial charge on any atom is -0.336 e. The molecular formula is C13H14F5N3O. The number of benzene rings is 1. The zero-order chi connectivity index (χ0) is 16.3. The molecule has 1 aliphatic heterocycles. The van der Waals surface area contributed by atoms with Gasteiger partial charge in [-0.15, -0.1) is 0 Å². The van der Waals surface area contributed by atoms with Crippen molar-refractivity contribution in [2.24, 2.45) is 0 Å². The van der Waals surface area contributed by atoms with Crippen LogP contribution in [0.25, 0.3) is 0 Å². The third-order valence-electron chi connectivity index (χ3n) is 3.16. The SMILES string of the molecule is O=C(NC[C@@H]1C[C@H](F)CN1)Nc1cc(F)cc(C(F)(F)F)c1. The van der Waals surface area contributed by atoms with Gasteiger partial charge in [-0.05, 0) is 24.6 Å². The summed E-state index contributed by atoms with van der Waals surface area (Å²) in [5.41, 5.74) is -1.51. The first kappa shape index (κ1) is 16.5. The lowest BCUT2D eigenvalue weighted by Crippen LogP contribution is -2.39. The van der Waals surface area contributed by atoms with E-state index in [0.29, 0.717) is 12.1 Å². The molecule has 1 fully saturated rings. The molecule has 0 bridgehead atoms. The smallest absolute Gasteiger partial charge is 0.336 e. The van der Waals surface area contributed by atoms with Gasteiger partial charge in [0.15, 0.2) is 0 Å². The van der Waals surface area contributed by atoms with E-state index >= 15 is 0 Å². The highest BCUT2D eigenvalue weighted by Gasteiger charge is 2.31. The summed E-state index contributed by atoms with van der Waals surface area (Å²) in [4.78, 5) is 11.6. The van der Waals surface area contributed by atoms with Gasteiger partial charge in [-0.1, -0.05) is 0 Å². The Balaban J connectivity index is 1.92. The normalized spacial score (nSPS) is 21.7. The van der Waals surface area contributed by atoms with Crippen LogP contribution in [0.1, 0.15) is 12.0 Å². The summed E-state index contributed by atoms with van der Waals surface area (Å²) in [5.74, 6) is -1.11. The van der Waals surface area contributed by atoms with Gasteiger partial charge in [0.2, 0.25) is 0 Å². The van der Waals surface area contributed by atoms with Crippen LogP contribution in [0.5, 0.6) is 0 Å². The number of amides is 2. The molecule has 0 aromatic heterocycles. The summed E-state index contributed by atoms with van der Waals surface area (Å²) in [5, 5.41) is 7.34. The van der Waals surface area contributed by atoms with Crippen LogP contribution in [0.3, 0.4) is 0 Å². The van der Waals surface area contributed by atoms with Gasteiger partial charge in [-0.2, -0.15) is 13.2 Å². The average Bonchev–Trinajstić information content (AvgIpc) is 2.80. The van der Waals surface area contributed by atoms with Crippen molar-refractivity contribution in [1.82, 2.24) is 10.6 Å². The highest BCUT2D eigenvalue weighted by molar-refractivity contribution is 5.89. The van der Waals surface area contributed by atoms with Gasteiger partial charge in [0.1, 0.15) is 12.0 Å². The number of halogens is 5. The van der Waals surface area contributed by atoms with E-state index in [4.69, 9.17) is 0 Å². The van der Waals surface area contributed by atoms with Gasteiger partial charge in [-0.25, -0.2) is 13.6 Å². The summed E-state index contributed by atoms with van der Waals surface area (Å²) in [7, 11) is 0. The Morgan fingerprint density at radius 3 is 2.64 bits per heavy atom. The van der Waals surface area contributed by atoms with Crippen molar-refractivity contribution in [3.8, 4) is 0 Å². The molecule has 1 aromatic rings. The molecule has 2 rings (SSSR count). The Hall–Kier alpha value is -1.90. The number of urea groups is 1. The van der Waals surface area contributed by atoms with Crippen LogP contribution in [-0.4, -0.2) is 31.3 Å². The van der Waals surface area contributed by atoms with Crippen molar-refractivity contribution in [3.05, 3.63) is 29.6 Å². The molecule has 22 heavy (non-hydrogen) atoms. The van der Waals surface area contributed by atoms with E-state index in [1.807, 2.05) is 0 Å². The first-order valence-corrected chi connectivity index (χ1v) is 6.54. The fraction of sp³-hybridized carbons (Fsp3) is 0.462. The summed E-state index contributed by atoms with van der Waals surface area (Å²) in [6, 6.07) is 0.725. The fourth-order valence-corrected chi connectivity index (χ4v) is 2.14. The van der Waals surface area contributed by atoms with Crippen molar-refractivity contribution in [2.45, 2.75) is 24.8 Å². The zero-order valence-corrected chi connectivity index (χ0v) is 11.3.